The van der Waals surface area contributed by atoms with Gasteiger partial charge < -0.3 is 5.11 Å². The summed E-state index contributed by atoms with van der Waals surface area (Å²) in [4.78, 5) is 14.8. The minimum atomic E-state index is -0.899. The summed E-state index contributed by atoms with van der Waals surface area (Å²) >= 11 is 1.09. The van der Waals surface area contributed by atoms with E-state index in [-0.39, 0.29) is 5.75 Å². The van der Waals surface area contributed by atoms with Crippen molar-refractivity contribution in [2.75, 3.05) is 5.75 Å². The number of hydrogen-bond acceptors (Lipinski definition) is 6. The summed E-state index contributed by atoms with van der Waals surface area (Å²) < 4.78 is 1.54. The van der Waals surface area contributed by atoms with Gasteiger partial charge in [0.1, 0.15) is 0 Å². The van der Waals surface area contributed by atoms with Crippen LogP contribution in [0.1, 0.15) is 11.3 Å². The second-order valence-electron chi connectivity index (χ2n) is 3.57. The van der Waals surface area contributed by atoms with E-state index in [4.69, 9.17) is 5.11 Å². The van der Waals surface area contributed by atoms with Gasteiger partial charge in [-0.1, -0.05) is 17.8 Å². The van der Waals surface area contributed by atoms with Crippen LogP contribution in [0.2, 0.25) is 0 Å². The standard InChI is InChI=1S/C10H11N5O2S/c1-7-3-2-4-11-8(7)5-15-10(12-13-14-15)18-6-9(16)17/h2-4H,5-6H2,1H3,(H,16,17). The van der Waals surface area contributed by atoms with Crippen LogP contribution in [0.3, 0.4) is 0 Å². The first kappa shape index (κ1) is 12.5. The Morgan fingerprint density at radius 3 is 3.11 bits per heavy atom. The predicted molar refractivity (Wildman–Crippen MR) is 64.3 cm³/mol. The molecule has 0 aliphatic heterocycles. The van der Waals surface area contributed by atoms with Crippen LogP contribution in [0.5, 0.6) is 0 Å². The smallest absolute Gasteiger partial charge is 0.313 e. The Labute approximate surface area is 107 Å². The third-order valence-corrected chi connectivity index (χ3v) is 3.18. The quantitative estimate of drug-likeness (QED) is 0.791. The number of tetrazole rings is 1. The third-order valence-electron chi connectivity index (χ3n) is 2.24. The number of aryl methyl sites for hydroxylation is 1. The maximum atomic E-state index is 10.5. The molecule has 0 spiro atoms. The molecule has 18 heavy (non-hydrogen) atoms. The van der Waals surface area contributed by atoms with E-state index in [1.165, 1.54) is 0 Å². The molecule has 1 N–H and O–H groups in total. The Morgan fingerprint density at radius 1 is 1.56 bits per heavy atom. The van der Waals surface area contributed by atoms with Crippen molar-refractivity contribution in [1.29, 1.82) is 0 Å². The number of nitrogens with zero attached hydrogens (tertiary/aromatic N) is 5. The van der Waals surface area contributed by atoms with Crippen molar-refractivity contribution in [2.24, 2.45) is 0 Å². The Morgan fingerprint density at radius 2 is 2.39 bits per heavy atom. The summed E-state index contributed by atoms with van der Waals surface area (Å²) in [7, 11) is 0. The van der Waals surface area contributed by atoms with Crippen molar-refractivity contribution < 1.29 is 9.90 Å². The van der Waals surface area contributed by atoms with Gasteiger partial charge in [-0.2, -0.15) is 0 Å². The lowest BCUT2D eigenvalue weighted by atomic mass is 10.2. The first-order chi connectivity index (χ1) is 8.66. The fraction of sp³-hybridized carbons (Fsp3) is 0.300. The highest BCUT2D eigenvalue weighted by molar-refractivity contribution is 7.99. The van der Waals surface area contributed by atoms with Crippen molar-refractivity contribution in [2.45, 2.75) is 18.6 Å². The minimum Gasteiger partial charge on any atom is -0.481 e. The van der Waals surface area contributed by atoms with Crippen LogP contribution in [0.15, 0.2) is 23.5 Å². The van der Waals surface area contributed by atoms with Gasteiger partial charge in [0.05, 0.1) is 18.0 Å². The van der Waals surface area contributed by atoms with E-state index in [2.05, 4.69) is 20.5 Å². The molecule has 0 saturated heterocycles. The zero-order valence-corrected chi connectivity index (χ0v) is 10.5. The number of carboxylic acid groups (broad SMARTS) is 1. The highest BCUT2D eigenvalue weighted by atomic mass is 32.2. The average Bonchev–Trinajstić information content (AvgIpc) is 2.77. The SMILES string of the molecule is Cc1cccnc1Cn1nnnc1SCC(=O)O. The van der Waals surface area contributed by atoms with Crippen LogP contribution in [0.25, 0.3) is 0 Å². The van der Waals surface area contributed by atoms with Crippen LogP contribution >= 0.6 is 11.8 Å². The molecular formula is C10H11N5O2S. The van der Waals surface area contributed by atoms with Crippen LogP contribution in [0.4, 0.5) is 0 Å². The first-order valence-electron chi connectivity index (χ1n) is 5.18. The van der Waals surface area contributed by atoms with Gasteiger partial charge in [0, 0.05) is 6.20 Å². The van der Waals surface area contributed by atoms with E-state index in [0.29, 0.717) is 11.7 Å². The fourth-order valence-corrected chi connectivity index (χ4v) is 1.95. The molecule has 0 amide bonds. The Balaban J connectivity index is 2.12. The van der Waals surface area contributed by atoms with Crippen LogP contribution in [-0.4, -0.2) is 42.0 Å². The Kier molecular flexibility index (Phi) is 3.88. The highest BCUT2D eigenvalue weighted by Gasteiger charge is 2.10. The highest BCUT2D eigenvalue weighted by Crippen LogP contribution is 2.15. The number of rotatable bonds is 5. The largest absolute Gasteiger partial charge is 0.481 e. The monoisotopic (exact) mass is 265 g/mol. The summed E-state index contributed by atoms with van der Waals surface area (Å²) in [5, 5.41) is 20.3. The molecule has 8 heteroatoms. The van der Waals surface area contributed by atoms with E-state index >= 15 is 0 Å². The van der Waals surface area contributed by atoms with Gasteiger partial charge in [-0.15, -0.1) is 5.10 Å². The molecule has 0 unspecified atom stereocenters. The number of hydrogen-bond donors (Lipinski definition) is 1. The predicted octanol–water partition coefficient (Wildman–Crippen LogP) is 0.602. The summed E-state index contributed by atoms with van der Waals surface area (Å²) in [6.07, 6.45) is 1.71. The average molecular weight is 265 g/mol. The molecule has 2 aromatic heterocycles. The van der Waals surface area contributed by atoms with Gasteiger partial charge >= 0.3 is 5.97 Å². The normalized spacial score (nSPS) is 10.5. The lowest BCUT2D eigenvalue weighted by molar-refractivity contribution is -0.133. The topological polar surface area (TPSA) is 93.8 Å². The molecule has 0 aromatic carbocycles. The zero-order chi connectivity index (χ0) is 13.0. The molecular weight excluding hydrogens is 254 g/mol. The van der Waals surface area contributed by atoms with Gasteiger partial charge in [0.25, 0.3) is 0 Å². The Hall–Kier alpha value is -1.96. The van der Waals surface area contributed by atoms with Gasteiger partial charge in [-0.25, -0.2) is 4.68 Å². The van der Waals surface area contributed by atoms with Crippen molar-refractivity contribution in [3.8, 4) is 0 Å². The number of aromatic nitrogens is 5. The molecule has 0 radical (unpaired) electrons. The van der Waals surface area contributed by atoms with Gasteiger partial charge in [0.15, 0.2) is 0 Å². The molecule has 0 atom stereocenters. The van der Waals surface area contributed by atoms with E-state index < -0.39 is 5.97 Å². The van der Waals surface area contributed by atoms with Crippen molar-refractivity contribution in [1.82, 2.24) is 25.2 Å². The number of thioether (sulfide) groups is 1. The third kappa shape index (κ3) is 3.04. The Bertz CT molecular complexity index is 557. The van der Waals surface area contributed by atoms with Crippen molar-refractivity contribution in [3.05, 3.63) is 29.6 Å². The molecule has 0 aliphatic carbocycles. The fourth-order valence-electron chi connectivity index (χ4n) is 1.35. The second-order valence-corrected chi connectivity index (χ2v) is 4.51. The van der Waals surface area contributed by atoms with E-state index in [9.17, 15) is 4.79 Å². The van der Waals surface area contributed by atoms with E-state index in [1.54, 1.807) is 10.9 Å². The van der Waals surface area contributed by atoms with E-state index in [0.717, 1.165) is 23.0 Å². The number of carbonyl (C=O) groups is 1. The molecule has 0 bridgehead atoms. The number of carboxylic acids is 1. The van der Waals surface area contributed by atoms with Crippen LogP contribution < -0.4 is 0 Å². The number of pyridine rings is 1. The summed E-state index contributed by atoms with van der Waals surface area (Å²) in [5.41, 5.74) is 1.91. The van der Waals surface area contributed by atoms with Crippen molar-refractivity contribution >= 4 is 17.7 Å². The molecule has 94 valence electrons. The zero-order valence-electron chi connectivity index (χ0n) is 9.65. The maximum absolute atomic E-state index is 10.5. The van der Waals surface area contributed by atoms with E-state index in [1.807, 2.05) is 19.1 Å². The van der Waals surface area contributed by atoms with Crippen LogP contribution in [-0.2, 0) is 11.3 Å². The minimum absolute atomic E-state index is 0.0679. The van der Waals surface area contributed by atoms with Gasteiger partial charge in [-0.3, -0.25) is 9.78 Å². The maximum Gasteiger partial charge on any atom is 0.313 e. The lowest BCUT2D eigenvalue weighted by Gasteiger charge is -2.05. The molecule has 7 nitrogen and oxygen atoms in total. The van der Waals surface area contributed by atoms with Gasteiger partial charge in [-0.05, 0) is 29.0 Å². The second kappa shape index (κ2) is 5.58. The molecule has 0 aliphatic rings. The lowest BCUT2D eigenvalue weighted by Crippen LogP contribution is -2.08. The molecule has 2 rings (SSSR count). The van der Waals surface area contributed by atoms with Crippen molar-refractivity contribution in [3.63, 3.8) is 0 Å². The first-order valence-corrected chi connectivity index (χ1v) is 6.16. The number of aliphatic carboxylic acids is 1. The summed E-state index contributed by atoms with van der Waals surface area (Å²) in [5.74, 6) is -0.967. The summed E-state index contributed by atoms with van der Waals surface area (Å²) in [6.45, 7) is 2.39. The summed E-state index contributed by atoms with van der Waals surface area (Å²) in [6, 6.07) is 3.81. The molecule has 2 heterocycles. The van der Waals surface area contributed by atoms with Crippen LogP contribution in [0, 0.1) is 6.92 Å². The molecule has 0 fully saturated rings. The molecule has 0 saturated carbocycles. The van der Waals surface area contributed by atoms with Gasteiger partial charge in [0.2, 0.25) is 5.16 Å². The molecule has 2 aromatic rings.